The number of fused-ring (bicyclic) bond motifs is 15. The molecule has 5 heteroatoms. The van der Waals surface area contributed by atoms with Crippen molar-refractivity contribution in [2.75, 3.05) is 0 Å². The Balaban J connectivity index is 1.03. The van der Waals surface area contributed by atoms with Crippen LogP contribution in [0, 0.1) is 0 Å². The first-order chi connectivity index (χ1) is 32.3. The average molecular weight is 845 g/mol. The highest BCUT2D eigenvalue weighted by Gasteiger charge is 2.23. The summed E-state index contributed by atoms with van der Waals surface area (Å²) in [6.45, 7) is 0. The molecule has 0 fully saturated rings. The third-order valence-corrected chi connectivity index (χ3v) is 15.1. The third kappa shape index (κ3) is 4.74. The van der Waals surface area contributed by atoms with Gasteiger partial charge >= 0.3 is 0 Å². The van der Waals surface area contributed by atoms with Gasteiger partial charge in [-0.1, -0.05) is 127 Å². The summed E-state index contributed by atoms with van der Waals surface area (Å²) in [6, 6.07) is 80.7. The molecule has 0 N–H and O–H groups in total. The Morgan fingerprint density at radius 3 is 1.02 bits per heavy atom. The molecule has 0 atom stereocenters. The van der Waals surface area contributed by atoms with Crippen LogP contribution >= 0.6 is 11.3 Å². The lowest BCUT2D eigenvalue weighted by atomic mass is 10.1. The summed E-state index contributed by atoms with van der Waals surface area (Å²) < 4.78 is 12.4. The summed E-state index contributed by atoms with van der Waals surface area (Å²) in [4.78, 5) is 0. The zero-order chi connectivity index (χ0) is 42.3. The summed E-state index contributed by atoms with van der Waals surface area (Å²) in [5, 5.41) is 12.5. The fraction of sp³-hybridized carbons (Fsp3) is 0. The van der Waals surface area contributed by atoms with Crippen molar-refractivity contribution in [3.8, 4) is 22.7 Å². The fourth-order valence-corrected chi connectivity index (χ4v) is 12.5. The molecule has 302 valence electrons. The molecule has 0 spiro atoms. The number of aromatic nitrogens is 4. The van der Waals surface area contributed by atoms with Crippen LogP contribution in [0.2, 0.25) is 0 Å². The van der Waals surface area contributed by atoms with Crippen LogP contribution in [0.1, 0.15) is 0 Å². The van der Waals surface area contributed by atoms with Crippen LogP contribution in [0.3, 0.4) is 0 Å². The zero-order valence-electron chi connectivity index (χ0n) is 35.0. The van der Waals surface area contributed by atoms with E-state index < -0.39 is 0 Å². The van der Waals surface area contributed by atoms with Gasteiger partial charge in [0.05, 0.1) is 60.2 Å². The lowest BCUT2D eigenvalue weighted by Gasteiger charge is -2.15. The standard InChI is InChI=1S/C60H36N4S/c1-8-22-48-39(15-1)40-16-2-9-23-49(40)61(48)37-29-31-55-46(35-37)45-21-7-10-24-50(45)62(55)38-30-34-58-47(36-38)59-56(63-51-25-11-3-17-41(51)42-18-4-12-26-52(42)63)32-33-57(60(59)65-58)64-53-27-13-5-19-43(53)44-20-6-14-28-54(44)64/h1-36H. The minimum Gasteiger partial charge on any atom is -0.309 e. The molecule has 0 aliphatic rings. The molecule has 0 radical (unpaired) electrons. The lowest BCUT2D eigenvalue weighted by molar-refractivity contribution is 1.17. The molecule has 5 aromatic heterocycles. The van der Waals surface area contributed by atoms with Crippen LogP contribution in [0.4, 0.5) is 0 Å². The quantitative estimate of drug-likeness (QED) is 0.168. The van der Waals surface area contributed by atoms with Gasteiger partial charge in [-0.3, -0.25) is 0 Å². The van der Waals surface area contributed by atoms with Gasteiger partial charge in [0, 0.05) is 69.9 Å². The van der Waals surface area contributed by atoms with Crippen molar-refractivity contribution < 1.29 is 0 Å². The van der Waals surface area contributed by atoms with Gasteiger partial charge in [0.15, 0.2) is 0 Å². The van der Waals surface area contributed by atoms with E-state index in [1.165, 1.54) is 119 Å². The Labute approximate surface area is 376 Å². The van der Waals surface area contributed by atoms with Gasteiger partial charge in [-0.2, -0.15) is 0 Å². The zero-order valence-corrected chi connectivity index (χ0v) is 35.8. The molecule has 0 amide bonds. The molecule has 65 heavy (non-hydrogen) atoms. The number of hydrogen-bond acceptors (Lipinski definition) is 1. The van der Waals surface area contributed by atoms with E-state index in [2.05, 4.69) is 237 Å². The minimum atomic E-state index is 1.14. The van der Waals surface area contributed by atoms with E-state index in [-0.39, 0.29) is 0 Å². The average Bonchev–Trinajstić information content (AvgIpc) is 4.17. The van der Waals surface area contributed by atoms with Crippen molar-refractivity contribution in [2.45, 2.75) is 0 Å². The number of hydrogen-bond donors (Lipinski definition) is 0. The molecule has 15 aromatic rings. The number of benzene rings is 10. The predicted octanol–water partition coefficient (Wildman–Crippen LogP) is 16.4. The van der Waals surface area contributed by atoms with Gasteiger partial charge < -0.3 is 18.3 Å². The molecule has 5 heterocycles. The van der Waals surface area contributed by atoms with Crippen LogP contribution in [-0.4, -0.2) is 18.3 Å². The lowest BCUT2D eigenvalue weighted by Crippen LogP contribution is -1.99. The molecule has 0 aliphatic carbocycles. The second kappa shape index (κ2) is 13.1. The van der Waals surface area contributed by atoms with Crippen LogP contribution in [0.5, 0.6) is 0 Å². The summed E-state index contributed by atoms with van der Waals surface area (Å²) in [5.41, 5.74) is 14.3. The molecular formula is C60H36N4S. The Hall–Kier alpha value is -8.38. The van der Waals surface area contributed by atoms with Crippen molar-refractivity contribution >= 4 is 119 Å². The molecule has 0 aliphatic heterocycles. The highest BCUT2D eigenvalue weighted by Crippen LogP contribution is 2.47. The van der Waals surface area contributed by atoms with Gasteiger partial charge in [-0.25, -0.2) is 0 Å². The summed E-state index contributed by atoms with van der Waals surface area (Å²) >= 11 is 1.90. The SMILES string of the molecule is c1ccc2c(c1)c1ccccc1n2-c1ccc2c(c1)c1ccccc1n2-c1ccc2sc3c(-n4c5ccccc5c5ccccc54)ccc(-n4c5ccccc5c5ccccc54)c3c2c1. The molecule has 0 unspecified atom stereocenters. The number of rotatable bonds is 4. The van der Waals surface area contributed by atoms with E-state index >= 15 is 0 Å². The Bertz CT molecular complexity index is 4330. The Morgan fingerprint density at radius 2 is 0.569 bits per heavy atom. The van der Waals surface area contributed by atoms with Crippen LogP contribution < -0.4 is 0 Å². The summed E-state index contributed by atoms with van der Waals surface area (Å²) in [6.07, 6.45) is 0. The first-order valence-electron chi connectivity index (χ1n) is 22.3. The fourth-order valence-electron chi connectivity index (χ4n) is 11.3. The maximum Gasteiger partial charge on any atom is 0.0642 e. The Kier molecular flexibility index (Phi) is 7.07. The van der Waals surface area contributed by atoms with Gasteiger partial charge in [0.1, 0.15) is 0 Å². The molecule has 10 aromatic carbocycles. The first kappa shape index (κ1) is 35.1. The molecular weight excluding hydrogens is 809 g/mol. The van der Waals surface area contributed by atoms with Crippen molar-refractivity contribution in [1.82, 2.24) is 18.3 Å². The highest BCUT2D eigenvalue weighted by atomic mass is 32.1. The monoisotopic (exact) mass is 844 g/mol. The summed E-state index contributed by atoms with van der Waals surface area (Å²) in [7, 11) is 0. The van der Waals surface area contributed by atoms with E-state index in [0.717, 1.165) is 11.4 Å². The second-order valence-electron chi connectivity index (χ2n) is 17.3. The number of thiophene rings is 1. The largest absolute Gasteiger partial charge is 0.309 e. The summed E-state index contributed by atoms with van der Waals surface area (Å²) in [5.74, 6) is 0. The molecule has 4 nitrogen and oxygen atoms in total. The normalized spacial score (nSPS) is 12.3. The van der Waals surface area contributed by atoms with Crippen LogP contribution in [0.25, 0.3) is 130 Å². The molecule has 15 rings (SSSR count). The van der Waals surface area contributed by atoms with E-state index in [4.69, 9.17) is 0 Å². The van der Waals surface area contributed by atoms with Crippen LogP contribution in [-0.2, 0) is 0 Å². The molecule has 0 saturated carbocycles. The van der Waals surface area contributed by atoms with Gasteiger partial charge in [0.25, 0.3) is 0 Å². The smallest absolute Gasteiger partial charge is 0.0642 e. The van der Waals surface area contributed by atoms with E-state index in [9.17, 15) is 0 Å². The second-order valence-corrected chi connectivity index (χ2v) is 18.3. The van der Waals surface area contributed by atoms with Gasteiger partial charge in [-0.15, -0.1) is 11.3 Å². The maximum atomic E-state index is 2.50. The molecule has 0 saturated heterocycles. The topological polar surface area (TPSA) is 19.7 Å². The van der Waals surface area contributed by atoms with E-state index in [0.29, 0.717) is 0 Å². The number of para-hydroxylation sites is 7. The van der Waals surface area contributed by atoms with Crippen molar-refractivity contribution in [3.63, 3.8) is 0 Å². The first-order valence-corrected chi connectivity index (χ1v) is 23.1. The predicted molar refractivity (Wildman–Crippen MR) is 277 cm³/mol. The van der Waals surface area contributed by atoms with Gasteiger partial charge in [-0.05, 0) is 91.0 Å². The minimum absolute atomic E-state index is 1.14. The van der Waals surface area contributed by atoms with Gasteiger partial charge in [0.2, 0.25) is 0 Å². The Morgan fingerprint density at radius 1 is 0.246 bits per heavy atom. The van der Waals surface area contributed by atoms with E-state index in [1.54, 1.807) is 0 Å². The van der Waals surface area contributed by atoms with Crippen molar-refractivity contribution in [1.29, 1.82) is 0 Å². The molecule has 0 bridgehead atoms. The maximum absolute atomic E-state index is 2.50. The highest BCUT2D eigenvalue weighted by molar-refractivity contribution is 7.26. The van der Waals surface area contributed by atoms with E-state index in [1.807, 2.05) is 11.3 Å². The van der Waals surface area contributed by atoms with Crippen molar-refractivity contribution in [2.24, 2.45) is 0 Å². The number of nitrogens with zero attached hydrogens (tertiary/aromatic N) is 4. The van der Waals surface area contributed by atoms with Crippen molar-refractivity contribution in [3.05, 3.63) is 218 Å². The van der Waals surface area contributed by atoms with Crippen LogP contribution in [0.15, 0.2) is 218 Å². The third-order valence-electron chi connectivity index (χ3n) is 14.0.